The highest BCUT2D eigenvalue weighted by atomic mass is 15.5. The van der Waals surface area contributed by atoms with Gasteiger partial charge in [-0.15, -0.1) is 0 Å². The Bertz CT molecular complexity index is 516. The molecule has 0 unspecified atom stereocenters. The number of aromatic nitrogens is 7. The van der Waals surface area contributed by atoms with Gasteiger partial charge in [0.25, 0.3) is 0 Å². The number of rotatable bonds is 7. The van der Waals surface area contributed by atoms with Gasteiger partial charge >= 0.3 is 0 Å². The van der Waals surface area contributed by atoms with E-state index in [2.05, 4.69) is 73.1 Å². The summed E-state index contributed by atoms with van der Waals surface area (Å²) in [5, 5.41) is 14.6. The number of hydrogen-bond acceptors (Lipinski definition) is 8. The maximum absolute atomic E-state index is 4.56. The summed E-state index contributed by atoms with van der Waals surface area (Å²) in [6, 6.07) is 0. The average molecular weight is 290 g/mol. The van der Waals surface area contributed by atoms with Crippen LogP contribution in [0.3, 0.4) is 0 Å². The van der Waals surface area contributed by atoms with Crippen LogP contribution in [0.2, 0.25) is 0 Å². The molecule has 0 aliphatic heterocycles. The highest BCUT2D eigenvalue weighted by Gasteiger charge is 2.15. The maximum Gasteiger partial charge on any atom is 0.230 e. The molecule has 0 N–H and O–H groups in total. The Morgan fingerprint density at radius 3 is 1.71 bits per heavy atom. The van der Waals surface area contributed by atoms with E-state index in [1.165, 1.54) is 0 Å². The zero-order valence-corrected chi connectivity index (χ0v) is 12.9. The molecule has 9 heteroatoms. The SMILES string of the molecule is CCN(CC)c1nc(-c2nnn[n-]2)nc(N(CC)CC)n1. The molecule has 114 valence electrons. The Hall–Kier alpha value is -2.32. The van der Waals surface area contributed by atoms with Crippen LogP contribution in [0.5, 0.6) is 0 Å². The van der Waals surface area contributed by atoms with Crippen LogP contribution in [0.4, 0.5) is 11.9 Å². The topological polar surface area (TPSA) is 97.9 Å². The monoisotopic (exact) mass is 290 g/mol. The van der Waals surface area contributed by atoms with E-state index in [0.717, 1.165) is 26.2 Å². The second-order valence-electron chi connectivity index (χ2n) is 4.31. The van der Waals surface area contributed by atoms with Crippen molar-refractivity contribution in [3.8, 4) is 11.6 Å². The summed E-state index contributed by atoms with van der Waals surface area (Å²) < 4.78 is 0. The number of nitrogens with zero attached hydrogens (tertiary/aromatic N) is 9. The van der Waals surface area contributed by atoms with Crippen molar-refractivity contribution in [1.29, 1.82) is 0 Å². The normalized spacial score (nSPS) is 10.7. The minimum atomic E-state index is 0.319. The Morgan fingerprint density at radius 2 is 1.33 bits per heavy atom. The van der Waals surface area contributed by atoms with E-state index in [4.69, 9.17) is 0 Å². The first kappa shape index (κ1) is 15.1. The summed E-state index contributed by atoms with van der Waals surface area (Å²) in [6.07, 6.45) is 0. The summed E-state index contributed by atoms with van der Waals surface area (Å²) in [4.78, 5) is 17.6. The molecule has 0 saturated carbocycles. The summed E-state index contributed by atoms with van der Waals surface area (Å²) in [6.45, 7) is 11.5. The van der Waals surface area contributed by atoms with Crippen molar-refractivity contribution in [3.05, 3.63) is 0 Å². The lowest BCUT2D eigenvalue weighted by Crippen LogP contribution is -2.29. The fourth-order valence-electron chi connectivity index (χ4n) is 1.98. The van der Waals surface area contributed by atoms with Gasteiger partial charge in [0.2, 0.25) is 11.9 Å². The predicted octanol–water partition coefficient (Wildman–Crippen LogP) is 0.373. The Balaban J connectivity index is 2.50. The molecular weight excluding hydrogens is 270 g/mol. The minimum absolute atomic E-state index is 0.319. The smallest absolute Gasteiger partial charge is 0.230 e. The molecule has 0 aliphatic rings. The molecule has 0 saturated heterocycles. The van der Waals surface area contributed by atoms with E-state index in [0.29, 0.717) is 23.5 Å². The third kappa shape index (κ3) is 3.23. The van der Waals surface area contributed by atoms with Gasteiger partial charge in [0.15, 0.2) is 5.82 Å². The fourth-order valence-corrected chi connectivity index (χ4v) is 1.98. The summed E-state index contributed by atoms with van der Waals surface area (Å²) in [5.41, 5.74) is 0. The average Bonchev–Trinajstić information content (AvgIpc) is 3.04. The molecule has 0 aromatic carbocycles. The van der Waals surface area contributed by atoms with Gasteiger partial charge in [-0.25, -0.2) is 0 Å². The summed E-state index contributed by atoms with van der Waals surface area (Å²) in [5.74, 6) is 1.96. The van der Waals surface area contributed by atoms with E-state index in [9.17, 15) is 0 Å². The number of anilines is 2. The van der Waals surface area contributed by atoms with Crippen molar-refractivity contribution in [1.82, 2.24) is 35.6 Å². The van der Waals surface area contributed by atoms with Crippen LogP contribution >= 0.6 is 0 Å². The summed E-state index contributed by atoms with van der Waals surface area (Å²) >= 11 is 0. The molecule has 0 amide bonds. The first-order chi connectivity index (χ1) is 10.2. The van der Waals surface area contributed by atoms with Crippen LogP contribution in [0, 0.1) is 0 Å². The van der Waals surface area contributed by atoms with Gasteiger partial charge in [-0.05, 0) is 27.7 Å². The standard InChI is InChI=1S/C12H20N9/c1-5-20(6-2)11-13-9(10-16-18-19-17-10)14-12(15-11)21(7-3)8-4/h5-8H2,1-4H3/q-1. The quantitative estimate of drug-likeness (QED) is 0.716. The van der Waals surface area contributed by atoms with E-state index in [1.54, 1.807) is 0 Å². The Morgan fingerprint density at radius 1 is 0.810 bits per heavy atom. The van der Waals surface area contributed by atoms with Gasteiger partial charge < -0.3 is 14.9 Å². The Kier molecular flexibility index (Phi) is 4.96. The third-order valence-corrected chi connectivity index (χ3v) is 3.22. The maximum atomic E-state index is 4.56. The molecule has 0 radical (unpaired) electrons. The number of hydrogen-bond donors (Lipinski definition) is 0. The molecule has 2 aromatic rings. The van der Waals surface area contributed by atoms with Gasteiger partial charge in [0, 0.05) is 26.2 Å². The van der Waals surface area contributed by atoms with Crippen molar-refractivity contribution in [2.24, 2.45) is 0 Å². The first-order valence-corrected chi connectivity index (χ1v) is 7.18. The minimum Gasteiger partial charge on any atom is -0.341 e. The van der Waals surface area contributed by atoms with Gasteiger partial charge in [-0.3, -0.25) is 10.3 Å². The highest BCUT2D eigenvalue weighted by Crippen LogP contribution is 2.18. The molecule has 0 fully saturated rings. The molecule has 2 heterocycles. The first-order valence-electron chi connectivity index (χ1n) is 7.18. The van der Waals surface area contributed by atoms with Gasteiger partial charge in [0.05, 0.1) is 5.82 Å². The van der Waals surface area contributed by atoms with Crippen LogP contribution < -0.4 is 14.9 Å². The number of tetrazole rings is 1. The van der Waals surface area contributed by atoms with Crippen molar-refractivity contribution in [2.45, 2.75) is 27.7 Å². The fraction of sp³-hybridized carbons (Fsp3) is 0.667. The lowest BCUT2D eigenvalue weighted by Gasteiger charge is -2.23. The molecule has 2 aromatic heterocycles. The molecular formula is C12H20N9-. The molecule has 0 bridgehead atoms. The van der Waals surface area contributed by atoms with Crippen molar-refractivity contribution in [3.63, 3.8) is 0 Å². The van der Waals surface area contributed by atoms with E-state index < -0.39 is 0 Å². The lowest BCUT2D eigenvalue weighted by atomic mass is 10.5. The van der Waals surface area contributed by atoms with Crippen LogP contribution in [0.1, 0.15) is 27.7 Å². The van der Waals surface area contributed by atoms with Crippen LogP contribution in [0.25, 0.3) is 11.6 Å². The molecule has 2 rings (SSSR count). The van der Waals surface area contributed by atoms with Gasteiger partial charge in [0.1, 0.15) is 0 Å². The highest BCUT2D eigenvalue weighted by molar-refractivity contribution is 5.50. The largest absolute Gasteiger partial charge is 0.341 e. The van der Waals surface area contributed by atoms with Crippen molar-refractivity contribution in [2.75, 3.05) is 36.0 Å². The zero-order valence-electron chi connectivity index (χ0n) is 12.9. The van der Waals surface area contributed by atoms with Crippen LogP contribution in [-0.4, -0.2) is 56.7 Å². The van der Waals surface area contributed by atoms with E-state index >= 15 is 0 Å². The third-order valence-electron chi connectivity index (χ3n) is 3.22. The van der Waals surface area contributed by atoms with E-state index in [1.807, 2.05) is 0 Å². The van der Waals surface area contributed by atoms with Crippen LogP contribution in [-0.2, 0) is 0 Å². The molecule has 9 nitrogen and oxygen atoms in total. The van der Waals surface area contributed by atoms with Crippen LogP contribution in [0.15, 0.2) is 0 Å². The zero-order chi connectivity index (χ0) is 15.2. The second kappa shape index (κ2) is 6.91. The molecule has 21 heavy (non-hydrogen) atoms. The van der Waals surface area contributed by atoms with E-state index in [-0.39, 0.29) is 0 Å². The summed E-state index contributed by atoms with van der Waals surface area (Å²) in [7, 11) is 0. The predicted molar refractivity (Wildman–Crippen MR) is 79.1 cm³/mol. The molecule has 0 aliphatic carbocycles. The Labute approximate surface area is 123 Å². The lowest BCUT2D eigenvalue weighted by molar-refractivity contribution is 0.777. The second-order valence-corrected chi connectivity index (χ2v) is 4.31. The van der Waals surface area contributed by atoms with Gasteiger partial charge in [-0.1, -0.05) is 0 Å². The van der Waals surface area contributed by atoms with Crippen molar-refractivity contribution >= 4 is 11.9 Å². The molecule has 0 atom stereocenters. The molecule has 0 spiro atoms. The van der Waals surface area contributed by atoms with Crippen molar-refractivity contribution < 1.29 is 0 Å². The van der Waals surface area contributed by atoms with Gasteiger partial charge in [-0.2, -0.15) is 20.2 Å².